The third-order valence-corrected chi connectivity index (χ3v) is 5.13. The maximum absolute atomic E-state index is 12.1. The molecule has 2 aromatic carbocycles. The minimum absolute atomic E-state index is 0.0284. The van der Waals surface area contributed by atoms with E-state index in [4.69, 9.17) is 4.74 Å². The highest BCUT2D eigenvalue weighted by molar-refractivity contribution is 6.09. The maximum Gasteiger partial charge on any atom is 0.309 e. The van der Waals surface area contributed by atoms with Gasteiger partial charge in [0.05, 0.1) is 5.92 Å². The number of nitrogens with zero attached hydrogens (tertiary/aromatic N) is 1. The van der Waals surface area contributed by atoms with Crippen molar-refractivity contribution in [1.29, 1.82) is 0 Å². The molecule has 5 nitrogen and oxygen atoms in total. The standard InChI is InChI=1S/C21H22N2O3/c1-3-23-18-7-5-4-6-15(18)17-11-14(8-9-19(17)23)22-20(24)12-26-21(25)16-10-13(16)2/h4-9,11,13,16H,3,10,12H2,1-2H3,(H,22,24)/t13-,16-/m0/s1. The lowest BCUT2D eigenvalue weighted by atomic mass is 10.1. The lowest BCUT2D eigenvalue weighted by molar-refractivity contribution is -0.148. The summed E-state index contributed by atoms with van der Waals surface area (Å²) in [6, 6.07) is 14.1. The Morgan fingerprint density at radius 2 is 1.88 bits per heavy atom. The third kappa shape index (κ3) is 2.94. The van der Waals surface area contributed by atoms with Gasteiger partial charge in [0.1, 0.15) is 0 Å². The molecule has 1 heterocycles. The van der Waals surface area contributed by atoms with Gasteiger partial charge in [-0.3, -0.25) is 9.59 Å². The quantitative estimate of drug-likeness (QED) is 0.709. The summed E-state index contributed by atoms with van der Waals surface area (Å²) in [5, 5.41) is 5.09. The average Bonchev–Trinajstić information content (AvgIpc) is 3.30. The van der Waals surface area contributed by atoms with Crippen LogP contribution in [0.25, 0.3) is 21.8 Å². The number of benzene rings is 2. The Labute approximate surface area is 151 Å². The molecule has 4 rings (SSSR count). The number of carbonyl (C=O) groups excluding carboxylic acids is 2. The first-order chi connectivity index (χ1) is 12.6. The van der Waals surface area contributed by atoms with Crippen molar-refractivity contribution in [2.24, 2.45) is 11.8 Å². The first kappa shape index (κ1) is 16.6. The number of carbonyl (C=O) groups is 2. The largest absolute Gasteiger partial charge is 0.455 e. The van der Waals surface area contributed by atoms with Gasteiger partial charge in [-0.05, 0) is 43.5 Å². The summed E-state index contributed by atoms with van der Waals surface area (Å²) in [7, 11) is 0. The van der Waals surface area contributed by atoms with Crippen LogP contribution in [-0.2, 0) is 20.9 Å². The molecular formula is C21H22N2O3. The van der Waals surface area contributed by atoms with Crippen molar-refractivity contribution in [3.05, 3.63) is 42.5 Å². The second-order valence-electron chi connectivity index (χ2n) is 6.97. The Morgan fingerprint density at radius 3 is 2.62 bits per heavy atom. The van der Waals surface area contributed by atoms with Crippen LogP contribution in [0.5, 0.6) is 0 Å². The van der Waals surface area contributed by atoms with E-state index in [1.165, 1.54) is 5.52 Å². The fourth-order valence-electron chi connectivity index (χ4n) is 3.56. The van der Waals surface area contributed by atoms with Crippen molar-refractivity contribution in [1.82, 2.24) is 4.57 Å². The fourth-order valence-corrected chi connectivity index (χ4v) is 3.56. The van der Waals surface area contributed by atoms with Gasteiger partial charge in [0.15, 0.2) is 6.61 Å². The van der Waals surface area contributed by atoms with E-state index < -0.39 is 0 Å². The molecular weight excluding hydrogens is 328 g/mol. The number of hydrogen-bond acceptors (Lipinski definition) is 3. The van der Waals surface area contributed by atoms with Gasteiger partial charge in [0.25, 0.3) is 5.91 Å². The van der Waals surface area contributed by atoms with Gasteiger partial charge in [0, 0.05) is 34.0 Å². The van der Waals surface area contributed by atoms with Crippen molar-refractivity contribution in [3.63, 3.8) is 0 Å². The van der Waals surface area contributed by atoms with E-state index >= 15 is 0 Å². The van der Waals surface area contributed by atoms with Gasteiger partial charge >= 0.3 is 5.97 Å². The van der Waals surface area contributed by atoms with E-state index in [0.717, 1.165) is 29.3 Å². The molecule has 1 fully saturated rings. The van der Waals surface area contributed by atoms with Crippen LogP contribution >= 0.6 is 0 Å². The number of esters is 1. The maximum atomic E-state index is 12.1. The zero-order valence-electron chi connectivity index (χ0n) is 15.0. The molecule has 134 valence electrons. The van der Waals surface area contributed by atoms with Crippen molar-refractivity contribution in [3.8, 4) is 0 Å². The molecule has 0 saturated heterocycles. The Balaban J connectivity index is 1.53. The first-order valence-corrected chi connectivity index (χ1v) is 9.06. The van der Waals surface area contributed by atoms with Gasteiger partial charge in [-0.15, -0.1) is 0 Å². The number of amides is 1. The molecule has 2 atom stereocenters. The van der Waals surface area contributed by atoms with Crippen molar-refractivity contribution < 1.29 is 14.3 Å². The Hall–Kier alpha value is -2.82. The molecule has 3 aromatic rings. The summed E-state index contributed by atoms with van der Waals surface area (Å²) in [5.74, 6) is -0.234. The molecule has 1 aliphatic rings. The third-order valence-electron chi connectivity index (χ3n) is 5.13. The van der Waals surface area contributed by atoms with E-state index in [0.29, 0.717) is 11.6 Å². The number of nitrogens with one attached hydrogen (secondary N) is 1. The fraction of sp³-hybridized carbons (Fsp3) is 0.333. The average molecular weight is 350 g/mol. The predicted octanol–water partition coefficient (Wildman–Crippen LogP) is 3.95. The van der Waals surface area contributed by atoms with E-state index in [1.807, 2.05) is 37.3 Å². The van der Waals surface area contributed by atoms with Gasteiger partial charge in [-0.1, -0.05) is 25.1 Å². The summed E-state index contributed by atoms with van der Waals surface area (Å²) in [6.45, 7) is 4.77. The molecule has 0 aliphatic heterocycles. The molecule has 1 amide bonds. The van der Waals surface area contributed by atoms with Crippen molar-refractivity contribution >= 4 is 39.4 Å². The summed E-state index contributed by atoms with van der Waals surface area (Å²) < 4.78 is 7.35. The normalized spacial score (nSPS) is 18.8. The number of anilines is 1. The topological polar surface area (TPSA) is 60.3 Å². The molecule has 1 aliphatic carbocycles. The van der Waals surface area contributed by atoms with Crippen LogP contribution in [0, 0.1) is 11.8 Å². The van der Waals surface area contributed by atoms with Crippen LogP contribution in [0.15, 0.2) is 42.5 Å². The lowest BCUT2D eigenvalue weighted by Crippen LogP contribution is -2.21. The van der Waals surface area contributed by atoms with Crippen LogP contribution in [-0.4, -0.2) is 23.1 Å². The number of fused-ring (bicyclic) bond motifs is 3. The minimum atomic E-state index is -0.315. The smallest absolute Gasteiger partial charge is 0.309 e. The number of aromatic nitrogens is 1. The van der Waals surface area contributed by atoms with Crippen molar-refractivity contribution in [2.45, 2.75) is 26.8 Å². The number of ether oxygens (including phenoxy) is 1. The van der Waals surface area contributed by atoms with Gasteiger partial charge < -0.3 is 14.6 Å². The molecule has 0 radical (unpaired) electrons. The van der Waals surface area contributed by atoms with Crippen LogP contribution in [0.1, 0.15) is 20.3 Å². The second kappa shape index (κ2) is 6.48. The van der Waals surface area contributed by atoms with Crippen molar-refractivity contribution in [2.75, 3.05) is 11.9 Å². The van der Waals surface area contributed by atoms with Gasteiger partial charge in [-0.2, -0.15) is 0 Å². The van der Waals surface area contributed by atoms with E-state index in [-0.39, 0.29) is 24.4 Å². The molecule has 5 heteroatoms. The minimum Gasteiger partial charge on any atom is -0.455 e. The zero-order chi connectivity index (χ0) is 18.3. The number of hydrogen-bond donors (Lipinski definition) is 1. The van der Waals surface area contributed by atoms with Crippen LogP contribution in [0.2, 0.25) is 0 Å². The molecule has 1 N–H and O–H groups in total. The van der Waals surface area contributed by atoms with Gasteiger partial charge in [-0.25, -0.2) is 0 Å². The Morgan fingerprint density at radius 1 is 1.15 bits per heavy atom. The van der Waals surface area contributed by atoms with Crippen LogP contribution in [0.4, 0.5) is 5.69 Å². The second-order valence-corrected chi connectivity index (χ2v) is 6.97. The molecule has 1 aromatic heterocycles. The molecule has 0 unspecified atom stereocenters. The van der Waals surface area contributed by atoms with E-state index in [9.17, 15) is 9.59 Å². The first-order valence-electron chi connectivity index (χ1n) is 9.06. The Kier molecular flexibility index (Phi) is 4.15. The summed E-state index contributed by atoms with van der Waals surface area (Å²) in [5.41, 5.74) is 3.03. The highest BCUT2D eigenvalue weighted by atomic mass is 16.5. The summed E-state index contributed by atoms with van der Waals surface area (Å²) >= 11 is 0. The number of rotatable bonds is 5. The molecule has 0 bridgehead atoms. The molecule has 26 heavy (non-hydrogen) atoms. The highest BCUT2D eigenvalue weighted by Gasteiger charge is 2.40. The van der Waals surface area contributed by atoms with Gasteiger partial charge in [0.2, 0.25) is 0 Å². The SMILES string of the molecule is CCn1c2ccccc2c2cc(NC(=O)COC(=O)[C@H]3C[C@@H]3C)ccc21. The lowest BCUT2D eigenvalue weighted by Gasteiger charge is -2.07. The zero-order valence-corrected chi connectivity index (χ0v) is 15.0. The number of para-hydroxylation sites is 1. The monoisotopic (exact) mass is 350 g/mol. The summed E-state index contributed by atoms with van der Waals surface area (Å²) in [4.78, 5) is 23.8. The Bertz CT molecular complexity index is 1010. The van der Waals surface area contributed by atoms with E-state index in [1.54, 1.807) is 0 Å². The van der Waals surface area contributed by atoms with E-state index in [2.05, 4.69) is 28.9 Å². The molecule has 0 spiro atoms. The van der Waals surface area contributed by atoms with Crippen LogP contribution in [0.3, 0.4) is 0 Å². The number of aryl methyl sites for hydroxylation is 1. The van der Waals surface area contributed by atoms with Crippen LogP contribution < -0.4 is 5.32 Å². The molecule has 1 saturated carbocycles. The predicted molar refractivity (Wildman–Crippen MR) is 102 cm³/mol. The highest BCUT2D eigenvalue weighted by Crippen LogP contribution is 2.38. The summed E-state index contributed by atoms with van der Waals surface area (Å²) in [6.07, 6.45) is 0.860.